The molecule has 0 saturated heterocycles. The van der Waals surface area contributed by atoms with Gasteiger partial charge in [-0.2, -0.15) is 5.26 Å². The first-order valence-corrected chi connectivity index (χ1v) is 11.4. The van der Waals surface area contributed by atoms with Gasteiger partial charge in [0.05, 0.1) is 32.8 Å². The van der Waals surface area contributed by atoms with E-state index in [1.807, 2.05) is 6.07 Å². The van der Waals surface area contributed by atoms with Crippen LogP contribution in [-0.2, 0) is 10.0 Å². The Morgan fingerprint density at radius 3 is 2.50 bits per heavy atom. The summed E-state index contributed by atoms with van der Waals surface area (Å²) in [7, 11) is -4.14. The van der Waals surface area contributed by atoms with Crippen LogP contribution in [0.25, 0.3) is 0 Å². The molecule has 2 fully saturated rings. The standard InChI is InChI=1S/C21H19ClN2O5S/c22-17-10-19(29-15-2-1-3-15)18(8-14(17)11-23)24-30(27,28)20-9-13(21(25)26)6-7-16(20)12-4-5-12/h6-10,12,15,24H,1-5H2,(H,25,26). The van der Waals surface area contributed by atoms with Crippen molar-refractivity contribution in [1.82, 2.24) is 0 Å². The molecule has 4 rings (SSSR count). The predicted octanol–water partition coefficient (Wildman–Crippen LogP) is 4.52. The number of carboxylic acids is 1. The lowest BCUT2D eigenvalue weighted by molar-refractivity contribution is 0.0696. The lowest BCUT2D eigenvalue weighted by Gasteiger charge is -2.28. The van der Waals surface area contributed by atoms with Gasteiger partial charge < -0.3 is 9.84 Å². The minimum Gasteiger partial charge on any atom is -0.488 e. The van der Waals surface area contributed by atoms with Crippen molar-refractivity contribution in [1.29, 1.82) is 5.26 Å². The number of nitrogens with one attached hydrogen (secondary N) is 1. The van der Waals surface area contributed by atoms with Crippen LogP contribution in [0, 0.1) is 11.3 Å². The molecule has 2 aliphatic rings. The third-order valence-corrected chi connectivity index (χ3v) is 7.08. The summed E-state index contributed by atoms with van der Waals surface area (Å²) >= 11 is 6.12. The van der Waals surface area contributed by atoms with Gasteiger partial charge in [-0.1, -0.05) is 17.7 Å². The number of aromatic carboxylic acids is 1. The van der Waals surface area contributed by atoms with E-state index in [1.54, 1.807) is 6.07 Å². The molecule has 2 aromatic carbocycles. The second-order valence-corrected chi connectivity index (χ2v) is 9.61. The van der Waals surface area contributed by atoms with Gasteiger partial charge >= 0.3 is 5.97 Å². The maximum Gasteiger partial charge on any atom is 0.335 e. The Morgan fingerprint density at radius 1 is 1.20 bits per heavy atom. The summed E-state index contributed by atoms with van der Waals surface area (Å²) in [5.41, 5.74) is 0.685. The minimum atomic E-state index is -4.14. The number of anilines is 1. The van der Waals surface area contributed by atoms with Gasteiger partial charge in [-0.05, 0) is 61.8 Å². The first kappa shape index (κ1) is 20.5. The molecule has 0 radical (unpaired) electrons. The molecule has 0 unspecified atom stereocenters. The Kier molecular flexibility index (Phi) is 5.35. The quantitative estimate of drug-likeness (QED) is 0.645. The van der Waals surface area contributed by atoms with E-state index in [0.717, 1.165) is 32.1 Å². The van der Waals surface area contributed by atoms with E-state index < -0.39 is 16.0 Å². The fourth-order valence-corrected chi connectivity index (χ4v) is 4.90. The zero-order valence-electron chi connectivity index (χ0n) is 15.9. The van der Waals surface area contributed by atoms with Crippen molar-refractivity contribution in [3.63, 3.8) is 0 Å². The van der Waals surface area contributed by atoms with Gasteiger partial charge in [-0.3, -0.25) is 4.72 Å². The van der Waals surface area contributed by atoms with Gasteiger partial charge in [-0.15, -0.1) is 0 Å². The summed E-state index contributed by atoms with van der Waals surface area (Å²) in [6, 6.07) is 8.85. The highest BCUT2D eigenvalue weighted by molar-refractivity contribution is 7.92. The number of rotatable bonds is 7. The maximum atomic E-state index is 13.3. The van der Waals surface area contributed by atoms with Crippen molar-refractivity contribution in [2.75, 3.05) is 4.72 Å². The van der Waals surface area contributed by atoms with Gasteiger partial charge in [0.25, 0.3) is 10.0 Å². The van der Waals surface area contributed by atoms with Gasteiger partial charge in [0.2, 0.25) is 0 Å². The Hall–Kier alpha value is -2.76. The molecule has 0 aromatic heterocycles. The highest BCUT2D eigenvalue weighted by Crippen LogP contribution is 2.44. The first-order valence-electron chi connectivity index (χ1n) is 9.59. The molecular weight excluding hydrogens is 428 g/mol. The van der Waals surface area contributed by atoms with Crippen LogP contribution in [0.5, 0.6) is 5.75 Å². The average molecular weight is 447 g/mol. The summed E-state index contributed by atoms with van der Waals surface area (Å²) < 4.78 is 34.9. The maximum absolute atomic E-state index is 13.3. The van der Waals surface area contributed by atoms with E-state index in [0.29, 0.717) is 5.56 Å². The van der Waals surface area contributed by atoms with Crippen LogP contribution >= 0.6 is 11.6 Å². The molecule has 0 bridgehead atoms. The Bertz CT molecular complexity index is 1160. The van der Waals surface area contributed by atoms with Crippen molar-refractivity contribution in [3.05, 3.63) is 52.0 Å². The lowest BCUT2D eigenvalue weighted by atomic mass is 9.96. The number of halogens is 1. The van der Waals surface area contributed by atoms with Crippen LogP contribution < -0.4 is 9.46 Å². The smallest absolute Gasteiger partial charge is 0.335 e. The summed E-state index contributed by atoms with van der Waals surface area (Å²) in [6.07, 6.45) is 4.42. The number of benzene rings is 2. The van der Waals surface area contributed by atoms with E-state index in [9.17, 15) is 23.6 Å². The van der Waals surface area contributed by atoms with Crippen molar-refractivity contribution in [3.8, 4) is 11.8 Å². The molecule has 7 nitrogen and oxygen atoms in total. The van der Waals surface area contributed by atoms with Crippen LogP contribution in [0.2, 0.25) is 5.02 Å². The van der Waals surface area contributed by atoms with Crippen LogP contribution in [0.4, 0.5) is 5.69 Å². The van der Waals surface area contributed by atoms with E-state index in [2.05, 4.69) is 4.72 Å². The number of hydrogen-bond acceptors (Lipinski definition) is 5. The summed E-state index contributed by atoms with van der Waals surface area (Å²) in [6.45, 7) is 0. The molecule has 30 heavy (non-hydrogen) atoms. The number of sulfonamides is 1. The molecule has 2 N–H and O–H groups in total. The Balaban J connectivity index is 1.75. The minimum absolute atomic E-state index is 0.0328. The van der Waals surface area contributed by atoms with Crippen molar-refractivity contribution < 1.29 is 23.1 Å². The third-order valence-electron chi connectivity index (χ3n) is 5.35. The Labute approximate surface area is 179 Å². The monoisotopic (exact) mass is 446 g/mol. The summed E-state index contributed by atoms with van der Waals surface area (Å²) in [4.78, 5) is 11.3. The van der Waals surface area contributed by atoms with E-state index in [-0.39, 0.29) is 44.5 Å². The molecule has 0 aliphatic heterocycles. The second-order valence-electron chi connectivity index (χ2n) is 7.55. The molecule has 156 valence electrons. The molecule has 9 heteroatoms. The number of carboxylic acid groups (broad SMARTS) is 1. The van der Waals surface area contributed by atoms with Gasteiger partial charge in [-0.25, -0.2) is 13.2 Å². The van der Waals surface area contributed by atoms with Crippen molar-refractivity contribution in [2.45, 2.75) is 49.0 Å². The molecule has 0 amide bonds. The fourth-order valence-electron chi connectivity index (χ4n) is 3.32. The molecule has 0 spiro atoms. The zero-order chi connectivity index (χ0) is 21.5. The zero-order valence-corrected chi connectivity index (χ0v) is 17.5. The Morgan fingerprint density at radius 2 is 1.93 bits per heavy atom. The molecule has 2 aromatic rings. The van der Waals surface area contributed by atoms with Crippen LogP contribution in [0.1, 0.15) is 59.5 Å². The molecule has 2 saturated carbocycles. The number of nitrogens with zero attached hydrogens (tertiary/aromatic N) is 1. The van der Waals surface area contributed by atoms with Crippen molar-refractivity contribution in [2.24, 2.45) is 0 Å². The molecular formula is C21H19ClN2O5S. The molecule has 0 atom stereocenters. The number of carbonyl (C=O) groups is 1. The lowest BCUT2D eigenvalue weighted by Crippen LogP contribution is -2.25. The fraction of sp³-hybridized carbons (Fsp3) is 0.333. The van der Waals surface area contributed by atoms with Crippen LogP contribution in [-0.4, -0.2) is 25.6 Å². The summed E-state index contributed by atoms with van der Waals surface area (Å²) in [5.74, 6) is -0.874. The van der Waals surface area contributed by atoms with E-state index in [4.69, 9.17) is 16.3 Å². The topological polar surface area (TPSA) is 116 Å². The number of nitriles is 1. The van der Waals surface area contributed by atoms with Crippen LogP contribution in [0.15, 0.2) is 35.2 Å². The SMILES string of the molecule is N#Cc1cc(NS(=O)(=O)c2cc(C(=O)O)ccc2C2CC2)c(OC2CCC2)cc1Cl. The van der Waals surface area contributed by atoms with E-state index in [1.165, 1.54) is 24.3 Å². The van der Waals surface area contributed by atoms with Crippen LogP contribution in [0.3, 0.4) is 0 Å². The second kappa shape index (κ2) is 7.82. The largest absolute Gasteiger partial charge is 0.488 e. The number of ether oxygens (including phenoxy) is 1. The van der Waals surface area contributed by atoms with Gasteiger partial charge in [0.1, 0.15) is 11.8 Å². The molecule has 0 heterocycles. The highest BCUT2D eigenvalue weighted by atomic mass is 35.5. The highest BCUT2D eigenvalue weighted by Gasteiger charge is 2.32. The van der Waals surface area contributed by atoms with Gasteiger partial charge in [0.15, 0.2) is 0 Å². The average Bonchev–Trinajstić information content (AvgIpc) is 3.50. The molecule has 2 aliphatic carbocycles. The van der Waals surface area contributed by atoms with Crippen molar-refractivity contribution >= 4 is 33.3 Å². The van der Waals surface area contributed by atoms with Gasteiger partial charge in [0, 0.05) is 6.07 Å². The normalized spacial score (nSPS) is 16.4. The van der Waals surface area contributed by atoms with E-state index >= 15 is 0 Å². The number of hydrogen-bond donors (Lipinski definition) is 2. The predicted molar refractivity (Wildman–Crippen MR) is 111 cm³/mol. The first-order chi connectivity index (χ1) is 14.3. The summed E-state index contributed by atoms with van der Waals surface area (Å²) in [5, 5.41) is 18.8. The third kappa shape index (κ3) is 4.09.